The number of rotatable bonds is 0. The summed E-state index contributed by atoms with van der Waals surface area (Å²) >= 11 is 2.72. The molecule has 2 nitrogen and oxygen atoms in total. The maximum absolute atomic E-state index is 9.00. The fraction of sp³-hybridized carbons (Fsp3) is 0.500. The van der Waals surface area contributed by atoms with E-state index in [0.717, 1.165) is 6.92 Å². The Kier molecular flexibility index (Phi) is 35.4. The molecule has 0 atom stereocenters. The Morgan fingerprint density at radius 3 is 1.71 bits per heavy atom. The van der Waals surface area contributed by atoms with Crippen LogP contribution in [0, 0.1) is 0 Å². The SMILES string of the molecule is CC(=O)O.[Cl][Fe].[Cu]. The Hall–Kier alpha value is 0.799. The normalized spacial score (nSPS) is 4.43. The molecule has 1 radical (unpaired) electrons. The Morgan fingerprint density at radius 1 is 1.71 bits per heavy atom. The summed E-state index contributed by atoms with van der Waals surface area (Å²) in [5.74, 6) is -0.833. The number of carbonyl (C=O) groups is 1. The molecule has 0 saturated heterocycles. The van der Waals surface area contributed by atoms with E-state index in [1.54, 1.807) is 0 Å². The van der Waals surface area contributed by atoms with E-state index in [9.17, 15) is 0 Å². The fourth-order valence-electron chi connectivity index (χ4n) is 0. The van der Waals surface area contributed by atoms with Crippen LogP contribution in [0.3, 0.4) is 0 Å². The molecule has 0 aliphatic rings. The molecule has 1 N–H and O–H groups in total. The van der Waals surface area contributed by atoms with Crippen molar-refractivity contribution >= 4 is 16.1 Å². The van der Waals surface area contributed by atoms with Gasteiger partial charge in [-0.1, -0.05) is 0 Å². The Bertz CT molecular complexity index is 38.7. The second-order valence-electron chi connectivity index (χ2n) is 0.519. The molecule has 0 rings (SSSR count). The molecule has 50 valence electrons. The fourth-order valence-corrected chi connectivity index (χ4v) is 0. The minimum Gasteiger partial charge on any atom is 0 e. The first-order valence-electron chi connectivity index (χ1n) is 1.06. The minimum absolute atomic E-state index is 0. The average Bonchev–Trinajstić information content (AvgIpc) is 1.41. The van der Waals surface area contributed by atoms with Crippen LogP contribution in [-0.2, 0) is 37.0 Å². The Labute approximate surface area is 65.1 Å². The van der Waals surface area contributed by atoms with Crippen molar-refractivity contribution in [1.82, 2.24) is 0 Å². The van der Waals surface area contributed by atoms with Gasteiger partial charge in [-0.3, -0.25) is 4.79 Å². The molecule has 0 bridgehead atoms. The van der Waals surface area contributed by atoms with E-state index in [1.807, 2.05) is 0 Å². The van der Waals surface area contributed by atoms with Crippen molar-refractivity contribution in [3.05, 3.63) is 0 Å². The van der Waals surface area contributed by atoms with Crippen molar-refractivity contribution in [1.29, 1.82) is 0 Å². The maximum Gasteiger partial charge on any atom is 0 e. The van der Waals surface area contributed by atoms with Gasteiger partial charge in [-0.15, -0.1) is 0 Å². The summed E-state index contributed by atoms with van der Waals surface area (Å²) in [7, 11) is 4.39. The molecule has 0 aromatic heterocycles. The van der Waals surface area contributed by atoms with Crippen LogP contribution in [0.4, 0.5) is 0 Å². The van der Waals surface area contributed by atoms with Gasteiger partial charge in [-0.2, -0.15) is 0 Å². The average molecular weight is 215 g/mol. The standard InChI is InChI=1S/C2H4O2.ClH.Cu.Fe/c1-2(3)4;;;/h1H3,(H,3,4);1H;;/q;;;+1/p-1. The van der Waals surface area contributed by atoms with Gasteiger partial charge in [0.1, 0.15) is 0 Å². The van der Waals surface area contributed by atoms with Crippen LogP contribution in [0.1, 0.15) is 6.92 Å². The zero-order valence-corrected chi connectivity index (χ0v) is 6.19. The van der Waals surface area contributed by atoms with Gasteiger partial charge >= 0.3 is 25.2 Å². The molecule has 7 heavy (non-hydrogen) atoms. The molecule has 5 heteroatoms. The second-order valence-corrected chi connectivity index (χ2v) is 0.519. The van der Waals surface area contributed by atoms with Gasteiger partial charge < -0.3 is 5.11 Å². The van der Waals surface area contributed by atoms with Crippen LogP contribution < -0.4 is 0 Å². The quantitative estimate of drug-likeness (QED) is 0.606. The monoisotopic (exact) mass is 214 g/mol. The number of aliphatic carboxylic acids is 1. The van der Waals surface area contributed by atoms with Gasteiger partial charge in [0.05, 0.1) is 0 Å². The number of hydrogen-bond donors (Lipinski definition) is 1. The molecule has 0 amide bonds. The predicted octanol–water partition coefficient (Wildman–Crippen LogP) is 0.775. The van der Waals surface area contributed by atoms with Crippen molar-refractivity contribution in [3.8, 4) is 0 Å². The van der Waals surface area contributed by atoms with Crippen LogP contribution in [0.25, 0.3) is 0 Å². The van der Waals surface area contributed by atoms with Crippen molar-refractivity contribution in [2.24, 2.45) is 0 Å². The number of carboxylic acid groups (broad SMARTS) is 1. The van der Waals surface area contributed by atoms with Crippen LogP contribution in [0.2, 0.25) is 0 Å². The van der Waals surface area contributed by atoms with E-state index >= 15 is 0 Å². The molecule has 0 aliphatic carbocycles. The van der Waals surface area contributed by atoms with Crippen LogP contribution in [0.15, 0.2) is 0 Å². The summed E-state index contributed by atoms with van der Waals surface area (Å²) in [5.41, 5.74) is 0. The number of hydrogen-bond acceptors (Lipinski definition) is 1. The third-order valence-corrected chi connectivity index (χ3v) is 0. The van der Waals surface area contributed by atoms with E-state index in [1.165, 1.54) is 0 Å². The van der Waals surface area contributed by atoms with Gasteiger partial charge in [0.15, 0.2) is 0 Å². The van der Waals surface area contributed by atoms with Crippen LogP contribution in [0.5, 0.6) is 0 Å². The summed E-state index contributed by atoms with van der Waals surface area (Å²) in [6.45, 7) is 1.08. The Balaban J connectivity index is -0.0000000480. The molecule has 0 aromatic rings. The molecule has 0 aliphatic heterocycles. The van der Waals surface area contributed by atoms with Crippen molar-refractivity contribution < 1.29 is 42.1 Å². The molecule has 0 unspecified atom stereocenters. The molecule has 0 fully saturated rings. The number of halogens is 1. The Morgan fingerprint density at radius 2 is 1.71 bits per heavy atom. The van der Waals surface area contributed by atoms with Crippen molar-refractivity contribution in [2.75, 3.05) is 0 Å². The molecule has 0 spiro atoms. The molecular weight excluding hydrogens is 211 g/mol. The van der Waals surface area contributed by atoms with Gasteiger partial charge in [-0.05, 0) is 0 Å². The van der Waals surface area contributed by atoms with Crippen molar-refractivity contribution in [3.63, 3.8) is 0 Å². The molecule has 0 aromatic carbocycles. The summed E-state index contributed by atoms with van der Waals surface area (Å²) in [5, 5.41) is 7.42. The first kappa shape index (κ1) is 15.7. The smallest absolute Gasteiger partial charge is 0 e. The summed E-state index contributed by atoms with van der Waals surface area (Å²) in [4.78, 5) is 9.00. The van der Waals surface area contributed by atoms with E-state index in [0.29, 0.717) is 0 Å². The summed E-state index contributed by atoms with van der Waals surface area (Å²) in [6.07, 6.45) is 0. The van der Waals surface area contributed by atoms with Gasteiger partial charge in [0, 0.05) is 24.0 Å². The van der Waals surface area contributed by atoms with E-state index < -0.39 is 5.97 Å². The maximum atomic E-state index is 9.00. The zero-order chi connectivity index (χ0) is 5.58. The van der Waals surface area contributed by atoms with Gasteiger partial charge in [-0.25, -0.2) is 0 Å². The van der Waals surface area contributed by atoms with Crippen molar-refractivity contribution in [2.45, 2.75) is 6.92 Å². The minimum atomic E-state index is -0.833. The third kappa shape index (κ3) is 245. The third-order valence-electron chi connectivity index (χ3n) is 0. The molecular formula is C2H4ClCuFeO2. The van der Waals surface area contributed by atoms with E-state index in [4.69, 9.17) is 9.90 Å². The van der Waals surface area contributed by atoms with Crippen LogP contribution in [-0.4, -0.2) is 11.1 Å². The zero-order valence-electron chi connectivity index (χ0n) is 3.39. The number of carboxylic acids is 1. The topological polar surface area (TPSA) is 37.3 Å². The summed E-state index contributed by atoms with van der Waals surface area (Å²) in [6, 6.07) is 0. The molecule has 0 heterocycles. The van der Waals surface area contributed by atoms with E-state index in [-0.39, 0.29) is 17.1 Å². The largest absolute Gasteiger partial charge is 0 e. The molecule has 0 saturated carbocycles. The van der Waals surface area contributed by atoms with Crippen LogP contribution >= 0.6 is 10.1 Å². The first-order chi connectivity index (χ1) is 2.73. The first-order valence-corrected chi connectivity index (χ1v) is 2.58. The second kappa shape index (κ2) is 15.8. The van der Waals surface area contributed by atoms with Gasteiger partial charge in [0.25, 0.3) is 5.97 Å². The summed E-state index contributed by atoms with van der Waals surface area (Å²) < 4.78 is 0. The van der Waals surface area contributed by atoms with Gasteiger partial charge in [0.2, 0.25) is 0 Å². The predicted molar refractivity (Wildman–Crippen MR) is 19.2 cm³/mol. The van der Waals surface area contributed by atoms with E-state index in [2.05, 4.69) is 25.2 Å².